The van der Waals surface area contributed by atoms with Crippen LogP contribution in [0, 0.1) is 11.3 Å². The number of likely N-dealkylation sites (N-methyl/N-ethyl adjacent to an activating group) is 1. The Labute approximate surface area is 111 Å². The third kappa shape index (κ3) is 4.35. The molecule has 0 aliphatic rings. The standard InChI is InChI=1S/C12H12Cl2N2O/c1-16(6-2-5-15)8-12(17)10-7-9(13)3-4-11(10)14/h3-4,7H,2,6,8H2,1H3. The number of carbonyl (C=O) groups is 1. The van der Waals surface area contributed by atoms with Crippen LogP contribution in [0.2, 0.25) is 10.0 Å². The van der Waals surface area contributed by atoms with Gasteiger partial charge in [0.25, 0.3) is 0 Å². The Morgan fingerprint density at radius 1 is 1.47 bits per heavy atom. The SMILES string of the molecule is CN(CCC#N)CC(=O)c1cc(Cl)ccc1Cl. The Morgan fingerprint density at radius 2 is 2.18 bits per heavy atom. The van der Waals surface area contributed by atoms with Crippen molar-refractivity contribution < 1.29 is 4.79 Å². The zero-order valence-electron chi connectivity index (χ0n) is 9.41. The molecule has 5 heteroatoms. The van der Waals surface area contributed by atoms with Crippen LogP contribution in [0.4, 0.5) is 0 Å². The molecule has 0 saturated heterocycles. The molecule has 1 aromatic rings. The molecule has 0 aliphatic carbocycles. The highest BCUT2D eigenvalue weighted by atomic mass is 35.5. The van der Waals surface area contributed by atoms with Gasteiger partial charge in [0.15, 0.2) is 5.78 Å². The van der Waals surface area contributed by atoms with Crippen LogP contribution in [-0.4, -0.2) is 30.8 Å². The molecule has 90 valence electrons. The van der Waals surface area contributed by atoms with Crippen molar-refractivity contribution in [2.24, 2.45) is 0 Å². The van der Waals surface area contributed by atoms with Gasteiger partial charge in [-0.15, -0.1) is 0 Å². The monoisotopic (exact) mass is 270 g/mol. The van der Waals surface area contributed by atoms with Gasteiger partial charge in [-0.3, -0.25) is 9.69 Å². The summed E-state index contributed by atoms with van der Waals surface area (Å²) in [5, 5.41) is 9.33. The van der Waals surface area contributed by atoms with Crippen LogP contribution in [0.5, 0.6) is 0 Å². The molecule has 17 heavy (non-hydrogen) atoms. The van der Waals surface area contributed by atoms with Crippen LogP contribution < -0.4 is 0 Å². The van der Waals surface area contributed by atoms with E-state index in [9.17, 15) is 4.79 Å². The number of Topliss-reactive ketones (excluding diaryl/α,β-unsaturated/α-hetero) is 1. The topological polar surface area (TPSA) is 44.1 Å². The smallest absolute Gasteiger partial charge is 0.178 e. The van der Waals surface area contributed by atoms with Gasteiger partial charge in [0, 0.05) is 23.6 Å². The number of carbonyl (C=O) groups excluding carboxylic acids is 1. The van der Waals surface area contributed by atoms with Crippen molar-refractivity contribution in [1.82, 2.24) is 4.90 Å². The minimum Gasteiger partial charge on any atom is -0.298 e. The van der Waals surface area contributed by atoms with Crippen molar-refractivity contribution in [3.05, 3.63) is 33.8 Å². The number of hydrogen-bond acceptors (Lipinski definition) is 3. The molecule has 3 nitrogen and oxygen atoms in total. The number of nitriles is 1. The molecule has 0 aliphatic heterocycles. The lowest BCUT2D eigenvalue weighted by Crippen LogP contribution is -2.27. The van der Waals surface area contributed by atoms with E-state index in [4.69, 9.17) is 28.5 Å². The maximum absolute atomic E-state index is 11.9. The number of benzene rings is 1. The van der Waals surface area contributed by atoms with Crippen LogP contribution in [-0.2, 0) is 0 Å². The summed E-state index contributed by atoms with van der Waals surface area (Å²) in [6.45, 7) is 0.780. The molecule has 0 heterocycles. The highest BCUT2D eigenvalue weighted by Crippen LogP contribution is 2.21. The molecule has 1 aromatic carbocycles. The van der Waals surface area contributed by atoms with Gasteiger partial charge in [-0.2, -0.15) is 5.26 Å². The average Bonchev–Trinajstić information content (AvgIpc) is 2.29. The van der Waals surface area contributed by atoms with Gasteiger partial charge in [-0.05, 0) is 25.2 Å². The van der Waals surface area contributed by atoms with Crippen molar-refractivity contribution in [1.29, 1.82) is 5.26 Å². The van der Waals surface area contributed by atoms with E-state index >= 15 is 0 Å². The molecule has 0 spiro atoms. The third-order valence-corrected chi connectivity index (χ3v) is 2.81. The summed E-state index contributed by atoms with van der Waals surface area (Å²) >= 11 is 11.7. The van der Waals surface area contributed by atoms with Gasteiger partial charge in [0.2, 0.25) is 0 Å². The number of nitrogens with zero attached hydrogens (tertiary/aromatic N) is 2. The van der Waals surface area contributed by atoms with E-state index < -0.39 is 0 Å². The summed E-state index contributed by atoms with van der Waals surface area (Å²) in [6, 6.07) is 6.83. The molecule has 0 unspecified atom stereocenters. The Balaban J connectivity index is 2.70. The van der Waals surface area contributed by atoms with Crippen LogP contribution >= 0.6 is 23.2 Å². The Bertz CT molecular complexity index is 454. The van der Waals surface area contributed by atoms with E-state index in [1.165, 1.54) is 0 Å². The van der Waals surface area contributed by atoms with Crippen molar-refractivity contribution in [2.75, 3.05) is 20.1 Å². The average molecular weight is 271 g/mol. The van der Waals surface area contributed by atoms with E-state index in [-0.39, 0.29) is 12.3 Å². The minimum atomic E-state index is -0.0991. The maximum atomic E-state index is 11.9. The molecule has 0 radical (unpaired) electrons. The number of halogens is 2. The fourth-order valence-electron chi connectivity index (χ4n) is 1.36. The van der Waals surface area contributed by atoms with Gasteiger partial charge in [0.05, 0.1) is 17.6 Å². The van der Waals surface area contributed by atoms with E-state index in [1.807, 2.05) is 6.07 Å². The quantitative estimate of drug-likeness (QED) is 0.773. The van der Waals surface area contributed by atoms with Gasteiger partial charge in [-0.25, -0.2) is 0 Å². The number of rotatable bonds is 5. The summed E-state index contributed by atoms with van der Waals surface area (Å²) in [5.74, 6) is -0.0991. The van der Waals surface area contributed by atoms with Crippen molar-refractivity contribution >= 4 is 29.0 Å². The normalized spacial score (nSPS) is 10.3. The second kappa shape index (κ2) is 6.61. The summed E-state index contributed by atoms with van der Waals surface area (Å²) < 4.78 is 0. The Morgan fingerprint density at radius 3 is 2.82 bits per heavy atom. The van der Waals surface area contributed by atoms with Crippen molar-refractivity contribution in [3.63, 3.8) is 0 Å². The zero-order chi connectivity index (χ0) is 12.8. The molecule has 0 aromatic heterocycles. The van der Waals surface area contributed by atoms with Gasteiger partial charge in [-0.1, -0.05) is 23.2 Å². The predicted octanol–water partition coefficient (Wildman–Crippen LogP) is 3.02. The van der Waals surface area contributed by atoms with Crippen LogP contribution in [0.15, 0.2) is 18.2 Å². The van der Waals surface area contributed by atoms with E-state index in [1.54, 1.807) is 30.1 Å². The lowest BCUT2D eigenvalue weighted by Gasteiger charge is -2.14. The Hall–Kier alpha value is -1.08. The van der Waals surface area contributed by atoms with E-state index in [2.05, 4.69) is 0 Å². The molecular formula is C12H12Cl2N2O. The molecule has 0 bridgehead atoms. The second-order valence-electron chi connectivity index (χ2n) is 3.69. The molecule has 0 saturated carbocycles. The van der Waals surface area contributed by atoms with Crippen LogP contribution in [0.1, 0.15) is 16.8 Å². The number of ketones is 1. The Kier molecular flexibility index (Phi) is 5.43. The first-order valence-electron chi connectivity index (χ1n) is 5.08. The fraction of sp³-hybridized carbons (Fsp3) is 0.333. The van der Waals surface area contributed by atoms with Crippen LogP contribution in [0.3, 0.4) is 0 Å². The lowest BCUT2D eigenvalue weighted by atomic mass is 10.1. The largest absolute Gasteiger partial charge is 0.298 e. The lowest BCUT2D eigenvalue weighted by molar-refractivity contribution is 0.0947. The highest BCUT2D eigenvalue weighted by Gasteiger charge is 2.13. The first-order chi connectivity index (χ1) is 8.04. The molecule has 0 atom stereocenters. The molecule has 1 rings (SSSR count). The van der Waals surface area contributed by atoms with E-state index in [0.29, 0.717) is 28.6 Å². The van der Waals surface area contributed by atoms with Gasteiger partial charge >= 0.3 is 0 Å². The number of hydrogen-bond donors (Lipinski definition) is 0. The highest BCUT2D eigenvalue weighted by molar-refractivity contribution is 6.36. The maximum Gasteiger partial charge on any atom is 0.178 e. The summed E-state index contributed by atoms with van der Waals surface area (Å²) in [5.41, 5.74) is 0.419. The molecule has 0 N–H and O–H groups in total. The summed E-state index contributed by atoms with van der Waals surface area (Å²) in [7, 11) is 1.79. The van der Waals surface area contributed by atoms with Gasteiger partial charge in [0.1, 0.15) is 0 Å². The summed E-state index contributed by atoms with van der Waals surface area (Å²) in [4.78, 5) is 13.7. The summed E-state index contributed by atoms with van der Waals surface area (Å²) in [6.07, 6.45) is 0.396. The predicted molar refractivity (Wildman–Crippen MR) is 68.5 cm³/mol. The first-order valence-corrected chi connectivity index (χ1v) is 5.84. The van der Waals surface area contributed by atoms with Gasteiger partial charge < -0.3 is 0 Å². The van der Waals surface area contributed by atoms with Crippen molar-refractivity contribution in [3.8, 4) is 6.07 Å². The van der Waals surface area contributed by atoms with Crippen molar-refractivity contribution in [2.45, 2.75) is 6.42 Å². The minimum absolute atomic E-state index is 0.0991. The fourth-order valence-corrected chi connectivity index (χ4v) is 1.76. The first kappa shape index (κ1) is 14.0. The molecular weight excluding hydrogens is 259 g/mol. The van der Waals surface area contributed by atoms with E-state index in [0.717, 1.165) is 0 Å². The third-order valence-electron chi connectivity index (χ3n) is 2.25. The van der Waals surface area contributed by atoms with Crippen LogP contribution in [0.25, 0.3) is 0 Å². The molecule has 0 fully saturated rings. The zero-order valence-corrected chi connectivity index (χ0v) is 10.9. The second-order valence-corrected chi connectivity index (χ2v) is 4.54. The molecule has 0 amide bonds.